The van der Waals surface area contributed by atoms with E-state index in [4.69, 9.17) is 26.2 Å². The number of carbonyl (C=O) groups is 3. The fraction of sp³-hybridized carbons (Fsp3) is 0.364. The van der Waals surface area contributed by atoms with Crippen LogP contribution in [0.5, 0.6) is 0 Å². The maximum atomic E-state index is 13.6. The Bertz CT molecular complexity index is 1350. The molecule has 184 valence electrons. The van der Waals surface area contributed by atoms with Crippen molar-refractivity contribution in [3.05, 3.63) is 45.8 Å². The molecule has 2 fully saturated rings. The number of aliphatic hydroxyl groups is 1. The molecule has 6 rings (SSSR count). The SMILES string of the molecule is COC12C(CO)C3=C(C(=O)C(C)=C(Nc4nc5c(Cl)cccc5s4)C3=O)N1CC1NC12.NC(=O)O. The molecule has 13 heteroatoms. The van der Waals surface area contributed by atoms with Gasteiger partial charge in [0.1, 0.15) is 5.52 Å². The fourth-order valence-corrected chi connectivity index (χ4v) is 6.54. The van der Waals surface area contributed by atoms with Crippen molar-refractivity contribution >= 4 is 55.9 Å². The molecule has 3 aliphatic heterocycles. The normalized spacial score (nSPS) is 28.6. The lowest BCUT2D eigenvalue weighted by atomic mass is 9.82. The van der Waals surface area contributed by atoms with Crippen molar-refractivity contribution in [2.45, 2.75) is 24.7 Å². The molecule has 4 aliphatic rings. The third kappa shape index (κ3) is 3.36. The maximum Gasteiger partial charge on any atom is 0.402 e. The number of ether oxygens (including phenoxy) is 1. The number of thiazole rings is 1. The average Bonchev–Trinajstić information content (AvgIpc) is 3.21. The number of hydrogen-bond acceptors (Lipinski definition) is 10. The van der Waals surface area contributed by atoms with Crippen LogP contribution in [-0.4, -0.2) is 75.8 Å². The van der Waals surface area contributed by atoms with Gasteiger partial charge in [0, 0.05) is 30.8 Å². The number of piperazine rings is 1. The molecule has 0 radical (unpaired) electrons. The summed E-state index contributed by atoms with van der Waals surface area (Å²) in [6.45, 7) is 1.91. The van der Waals surface area contributed by atoms with Gasteiger partial charge in [-0.05, 0) is 19.1 Å². The van der Waals surface area contributed by atoms with Crippen LogP contribution in [0.4, 0.5) is 9.93 Å². The number of carboxylic acid groups (broad SMARTS) is 1. The molecular formula is C22H22ClN5O6S. The van der Waals surface area contributed by atoms with Crippen molar-refractivity contribution in [2.24, 2.45) is 11.7 Å². The number of primary amides is 1. The number of benzene rings is 1. The average molecular weight is 520 g/mol. The van der Waals surface area contributed by atoms with Gasteiger partial charge in [0.2, 0.25) is 11.6 Å². The monoisotopic (exact) mass is 519 g/mol. The van der Waals surface area contributed by atoms with Gasteiger partial charge in [-0.1, -0.05) is 29.0 Å². The summed E-state index contributed by atoms with van der Waals surface area (Å²) in [5.41, 5.74) is 4.93. The minimum absolute atomic E-state index is 0.0241. The standard InChI is InChI=1S/C21H19ClN4O4S.CH3NO2/c1-8-14(24-20-25-15-10(22)4-3-5-12(15)31-20)18(29)13-9(7-27)21(30-2)19-11(23-19)6-26(21)16(13)17(8)28;2-1(3)4/h3-5,9,11,19,23,27H,6-7H2,1-2H3,(H,24,25);2H2,(H,3,4). The van der Waals surface area contributed by atoms with E-state index in [1.54, 1.807) is 20.1 Å². The number of fused-ring (bicyclic) bond motifs is 5. The zero-order valence-electron chi connectivity index (χ0n) is 18.7. The van der Waals surface area contributed by atoms with Crippen LogP contribution in [0.15, 0.2) is 40.7 Å². The number of para-hydroxylation sites is 1. The second-order valence-corrected chi connectivity index (χ2v) is 9.98. The lowest BCUT2D eigenvalue weighted by Gasteiger charge is -2.39. The number of methoxy groups -OCH3 is 1. The molecule has 1 aromatic heterocycles. The summed E-state index contributed by atoms with van der Waals surface area (Å²) < 4.78 is 6.78. The van der Waals surface area contributed by atoms with Crippen LogP contribution in [0.2, 0.25) is 5.02 Å². The number of aromatic nitrogens is 1. The lowest BCUT2D eigenvalue weighted by Crippen LogP contribution is -2.54. The van der Waals surface area contributed by atoms with Gasteiger partial charge < -0.3 is 36.2 Å². The van der Waals surface area contributed by atoms with Crippen LogP contribution in [0, 0.1) is 5.92 Å². The summed E-state index contributed by atoms with van der Waals surface area (Å²) >= 11 is 7.59. The largest absolute Gasteiger partial charge is 0.465 e. The number of nitrogens with zero attached hydrogens (tertiary/aromatic N) is 2. The molecule has 1 aliphatic carbocycles. The molecule has 1 aromatic carbocycles. The van der Waals surface area contributed by atoms with E-state index in [9.17, 15) is 14.7 Å². The molecule has 0 bridgehead atoms. The van der Waals surface area contributed by atoms with Crippen LogP contribution < -0.4 is 16.4 Å². The first-order valence-electron chi connectivity index (χ1n) is 10.7. The summed E-state index contributed by atoms with van der Waals surface area (Å²) in [7, 11) is 1.57. The molecule has 11 nitrogen and oxygen atoms in total. The van der Waals surface area contributed by atoms with Crippen LogP contribution in [0.1, 0.15) is 6.92 Å². The molecule has 6 N–H and O–H groups in total. The van der Waals surface area contributed by atoms with Gasteiger partial charge >= 0.3 is 6.09 Å². The van der Waals surface area contributed by atoms with E-state index >= 15 is 0 Å². The number of allylic oxidation sites excluding steroid dienone is 2. The Hall–Kier alpha value is -3.03. The fourth-order valence-electron chi connectivity index (χ4n) is 5.37. The third-order valence-corrected chi connectivity index (χ3v) is 8.06. The summed E-state index contributed by atoms with van der Waals surface area (Å²) in [5.74, 6) is -1.15. The molecule has 35 heavy (non-hydrogen) atoms. The Labute approximate surface area is 208 Å². The molecule has 0 saturated carbocycles. The zero-order valence-corrected chi connectivity index (χ0v) is 20.2. The number of ketones is 2. The van der Waals surface area contributed by atoms with Gasteiger partial charge in [0.15, 0.2) is 10.9 Å². The second-order valence-electron chi connectivity index (χ2n) is 8.54. The summed E-state index contributed by atoms with van der Waals surface area (Å²) in [6.07, 6.45) is -1.33. The number of carbonyl (C=O) groups excluding carboxylic acids is 2. The molecular weight excluding hydrogens is 498 g/mol. The Kier molecular flexibility index (Phi) is 5.61. The number of nitrogens with one attached hydrogen (secondary N) is 2. The number of anilines is 1. The summed E-state index contributed by atoms with van der Waals surface area (Å²) in [5, 5.41) is 24.9. The predicted octanol–water partition coefficient (Wildman–Crippen LogP) is 1.29. The van der Waals surface area contributed by atoms with Gasteiger partial charge in [-0.3, -0.25) is 9.59 Å². The number of Topliss-reactive ketones (excluding diaryl/α,β-unsaturated/α-hetero) is 2. The lowest BCUT2D eigenvalue weighted by molar-refractivity contribution is -0.137. The van der Waals surface area contributed by atoms with Gasteiger partial charge in [-0.2, -0.15) is 0 Å². The number of aliphatic hydroxyl groups excluding tert-OH is 1. The van der Waals surface area contributed by atoms with E-state index in [1.807, 2.05) is 17.0 Å². The first kappa shape index (κ1) is 23.7. The number of nitrogens with two attached hydrogens (primary N) is 1. The number of hydrogen-bond donors (Lipinski definition) is 5. The zero-order chi connectivity index (χ0) is 25.2. The smallest absolute Gasteiger partial charge is 0.402 e. The highest BCUT2D eigenvalue weighted by molar-refractivity contribution is 7.22. The highest BCUT2D eigenvalue weighted by atomic mass is 35.5. The molecule has 0 spiro atoms. The first-order valence-corrected chi connectivity index (χ1v) is 11.9. The minimum Gasteiger partial charge on any atom is -0.465 e. The highest BCUT2D eigenvalue weighted by Crippen LogP contribution is 2.55. The van der Waals surface area contributed by atoms with Crippen molar-refractivity contribution in [1.82, 2.24) is 15.2 Å². The van der Waals surface area contributed by atoms with Crippen LogP contribution in [0.25, 0.3) is 10.2 Å². The Balaban J connectivity index is 0.000000591. The quantitative estimate of drug-likeness (QED) is 0.292. The van der Waals surface area contributed by atoms with Crippen molar-refractivity contribution in [3.8, 4) is 0 Å². The Morgan fingerprint density at radius 2 is 2.14 bits per heavy atom. The number of halogens is 1. The van der Waals surface area contributed by atoms with E-state index in [0.29, 0.717) is 39.1 Å². The Morgan fingerprint density at radius 3 is 2.77 bits per heavy atom. The topological polar surface area (TPSA) is 177 Å². The van der Waals surface area contributed by atoms with E-state index in [0.717, 1.165) is 4.70 Å². The van der Waals surface area contributed by atoms with E-state index in [-0.39, 0.29) is 36.0 Å². The van der Waals surface area contributed by atoms with Gasteiger partial charge in [0.25, 0.3) is 0 Å². The van der Waals surface area contributed by atoms with Crippen LogP contribution >= 0.6 is 22.9 Å². The maximum absolute atomic E-state index is 13.6. The molecule has 4 heterocycles. The predicted molar refractivity (Wildman–Crippen MR) is 128 cm³/mol. The van der Waals surface area contributed by atoms with Crippen molar-refractivity contribution in [1.29, 1.82) is 0 Å². The van der Waals surface area contributed by atoms with Crippen molar-refractivity contribution < 1.29 is 29.3 Å². The highest BCUT2D eigenvalue weighted by Gasteiger charge is 2.72. The number of rotatable bonds is 4. The summed E-state index contributed by atoms with van der Waals surface area (Å²) in [6, 6.07) is 5.66. The molecule has 2 aromatic rings. The molecule has 4 atom stereocenters. The first-order chi connectivity index (χ1) is 16.6. The van der Waals surface area contributed by atoms with E-state index in [1.165, 1.54) is 11.3 Å². The molecule has 1 amide bonds. The molecule has 2 saturated heterocycles. The van der Waals surface area contributed by atoms with E-state index in [2.05, 4.69) is 21.4 Å². The third-order valence-electron chi connectivity index (χ3n) is 6.82. The summed E-state index contributed by atoms with van der Waals surface area (Å²) in [4.78, 5) is 42.2. The number of amides is 1. The minimum atomic E-state index is -1.33. The second kappa shape index (κ2) is 8.28. The van der Waals surface area contributed by atoms with Crippen molar-refractivity contribution in [2.75, 3.05) is 25.6 Å². The van der Waals surface area contributed by atoms with Crippen LogP contribution in [0.3, 0.4) is 0 Å². The van der Waals surface area contributed by atoms with E-state index < -0.39 is 17.7 Å². The van der Waals surface area contributed by atoms with Gasteiger partial charge in [0.05, 0.1) is 39.7 Å². The van der Waals surface area contributed by atoms with Gasteiger partial charge in [-0.25, -0.2) is 9.78 Å². The van der Waals surface area contributed by atoms with Gasteiger partial charge in [-0.15, -0.1) is 0 Å². The van der Waals surface area contributed by atoms with Crippen LogP contribution in [-0.2, 0) is 14.3 Å². The Morgan fingerprint density at radius 1 is 1.43 bits per heavy atom. The molecule has 4 unspecified atom stereocenters. The van der Waals surface area contributed by atoms with Crippen molar-refractivity contribution in [3.63, 3.8) is 0 Å².